The van der Waals surface area contributed by atoms with E-state index in [9.17, 15) is 8.42 Å². The highest BCUT2D eigenvalue weighted by atomic mass is 35.5. The molecule has 104 valence electrons. The highest BCUT2D eigenvalue weighted by Gasteiger charge is 2.19. The van der Waals surface area contributed by atoms with E-state index in [-0.39, 0.29) is 23.8 Å². The summed E-state index contributed by atoms with van der Waals surface area (Å²) < 4.78 is 26.3. The van der Waals surface area contributed by atoms with Gasteiger partial charge in [0.15, 0.2) is 0 Å². The molecule has 4 nitrogen and oxygen atoms in total. The predicted octanol–water partition coefficient (Wildman–Crippen LogP) is 2.09. The third-order valence-corrected chi connectivity index (χ3v) is 3.98. The third-order valence-electron chi connectivity index (χ3n) is 2.17. The Morgan fingerprint density at radius 1 is 1.39 bits per heavy atom. The normalized spacial score (nSPS) is 12.1. The van der Waals surface area contributed by atoms with Crippen molar-refractivity contribution in [3.63, 3.8) is 0 Å². The molecule has 1 aromatic carbocycles. The molecule has 0 bridgehead atoms. The molecule has 18 heavy (non-hydrogen) atoms. The molecule has 0 spiro atoms. The van der Waals surface area contributed by atoms with Crippen molar-refractivity contribution in [3.05, 3.63) is 28.8 Å². The predicted molar refractivity (Wildman–Crippen MR) is 76.9 cm³/mol. The molecule has 3 N–H and O–H groups in total. The lowest BCUT2D eigenvalue weighted by atomic mass is 10.1. The number of halogens is 2. The summed E-state index contributed by atoms with van der Waals surface area (Å²) in [6.07, 6.45) is 0. The van der Waals surface area contributed by atoms with Crippen molar-refractivity contribution >= 4 is 34.0 Å². The molecule has 0 radical (unpaired) electrons. The zero-order chi connectivity index (χ0) is 13.3. The summed E-state index contributed by atoms with van der Waals surface area (Å²) in [6, 6.07) is 4.63. The van der Waals surface area contributed by atoms with E-state index in [1.54, 1.807) is 19.9 Å². The van der Waals surface area contributed by atoms with Gasteiger partial charge in [0.25, 0.3) is 0 Å². The lowest BCUT2D eigenvalue weighted by molar-refractivity contribution is 0.498. The van der Waals surface area contributed by atoms with E-state index in [2.05, 4.69) is 4.72 Å². The van der Waals surface area contributed by atoms with E-state index in [1.165, 1.54) is 12.1 Å². The van der Waals surface area contributed by atoms with Crippen molar-refractivity contribution in [2.75, 3.05) is 6.54 Å². The third kappa shape index (κ3) is 5.12. The Morgan fingerprint density at radius 2 is 1.94 bits per heavy atom. The largest absolute Gasteiger partial charge is 0.324 e. The standard InChI is InChI=1S/C11H17ClN2O2S.ClH/c1-8-4-5-9(6-10(8)12)17(15,16)14-7-11(2,3)13;/h4-6,14H,7,13H2,1-3H3;1H. The monoisotopic (exact) mass is 312 g/mol. The van der Waals surface area contributed by atoms with Gasteiger partial charge in [0.1, 0.15) is 0 Å². The van der Waals surface area contributed by atoms with Crippen LogP contribution in [0.4, 0.5) is 0 Å². The highest BCUT2D eigenvalue weighted by molar-refractivity contribution is 7.89. The van der Waals surface area contributed by atoms with Gasteiger partial charge in [0.2, 0.25) is 10.0 Å². The van der Waals surface area contributed by atoms with Crippen molar-refractivity contribution in [2.45, 2.75) is 31.2 Å². The van der Waals surface area contributed by atoms with Crippen LogP contribution >= 0.6 is 24.0 Å². The van der Waals surface area contributed by atoms with E-state index >= 15 is 0 Å². The van der Waals surface area contributed by atoms with Crippen LogP contribution in [0.15, 0.2) is 23.1 Å². The first kappa shape index (κ1) is 17.7. The second-order valence-electron chi connectivity index (χ2n) is 4.72. The average Bonchev–Trinajstić information content (AvgIpc) is 2.18. The highest BCUT2D eigenvalue weighted by Crippen LogP contribution is 2.19. The molecule has 0 aliphatic heterocycles. The quantitative estimate of drug-likeness (QED) is 0.894. The summed E-state index contributed by atoms with van der Waals surface area (Å²) in [5.74, 6) is 0. The second-order valence-corrected chi connectivity index (χ2v) is 6.90. The summed E-state index contributed by atoms with van der Waals surface area (Å²) >= 11 is 5.89. The van der Waals surface area contributed by atoms with E-state index in [0.717, 1.165) is 5.56 Å². The first-order valence-corrected chi connectivity index (χ1v) is 7.03. The first-order valence-electron chi connectivity index (χ1n) is 5.16. The Kier molecular flexibility index (Phi) is 6.10. The van der Waals surface area contributed by atoms with Gasteiger partial charge >= 0.3 is 0 Å². The molecule has 0 saturated heterocycles. The zero-order valence-corrected chi connectivity index (χ0v) is 12.9. The number of sulfonamides is 1. The molecule has 0 amide bonds. The Labute approximate surface area is 119 Å². The Balaban J connectivity index is 0.00000289. The topological polar surface area (TPSA) is 72.2 Å². The number of nitrogens with one attached hydrogen (secondary N) is 1. The molecule has 0 saturated carbocycles. The first-order chi connectivity index (χ1) is 7.62. The molecular formula is C11H18Cl2N2O2S. The van der Waals surface area contributed by atoms with Crippen molar-refractivity contribution < 1.29 is 8.42 Å². The van der Waals surface area contributed by atoms with Gasteiger partial charge in [0.05, 0.1) is 4.90 Å². The minimum Gasteiger partial charge on any atom is -0.324 e. The van der Waals surface area contributed by atoms with Gasteiger partial charge in [-0.15, -0.1) is 12.4 Å². The van der Waals surface area contributed by atoms with Crippen LogP contribution in [0.2, 0.25) is 5.02 Å². The number of hydrogen-bond donors (Lipinski definition) is 2. The molecule has 0 heterocycles. The summed E-state index contributed by atoms with van der Waals surface area (Å²) in [5, 5.41) is 0.430. The molecule has 0 unspecified atom stereocenters. The maximum Gasteiger partial charge on any atom is 0.240 e. The van der Waals surface area contributed by atoms with Crippen LogP contribution in [0.5, 0.6) is 0 Å². The Hall–Kier alpha value is -0.330. The molecule has 1 aromatic rings. The molecule has 0 aliphatic carbocycles. The SMILES string of the molecule is Cc1ccc(S(=O)(=O)NCC(C)(C)N)cc1Cl.Cl. The van der Waals surface area contributed by atoms with Crippen LogP contribution in [-0.4, -0.2) is 20.5 Å². The lowest BCUT2D eigenvalue weighted by Crippen LogP contribution is -2.45. The number of benzene rings is 1. The Morgan fingerprint density at radius 3 is 2.39 bits per heavy atom. The van der Waals surface area contributed by atoms with Gasteiger partial charge in [-0.2, -0.15) is 0 Å². The molecule has 0 atom stereocenters. The van der Waals surface area contributed by atoms with Crippen LogP contribution in [0.3, 0.4) is 0 Å². The average molecular weight is 313 g/mol. The van der Waals surface area contributed by atoms with Gasteiger partial charge in [-0.3, -0.25) is 0 Å². The van der Waals surface area contributed by atoms with Crippen molar-refractivity contribution in [1.29, 1.82) is 0 Å². The molecule has 1 rings (SSSR count). The maximum atomic E-state index is 11.9. The molecule has 0 fully saturated rings. The lowest BCUT2D eigenvalue weighted by Gasteiger charge is -2.19. The maximum absolute atomic E-state index is 11.9. The minimum absolute atomic E-state index is 0. The van der Waals surface area contributed by atoms with E-state index in [4.69, 9.17) is 17.3 Å². The zero-order valence-electron chi connectivity index (χ0n) is 10.5. The summed E-state index contributed by atoms with van der Waals surface area (Å²) in [7, 11) is -3.55. The number of hydrogen-bond acceptors (Lipinski definition) is 3. The molecule has 0 aliphatic rings. The Bertz CT molecular complexity index is 510. The number of rotatable bonds is 4. The van der Waals surface area contributed by atoms with Crippen LogP contribution < -0.4 is 10.5 Å². The number of nitrogens with two attached hydrogens (primary N) is 1. The van der Waals surface area contributed by atoms with Crippen LogP contribution in [0, 0.1) is 6.92 Å². The van der Waals surface area contributed by atoms with E-state index < -0.39 is 15.6 Å². The van der Waals surface area contributed by atoms with Crippen LogP contribution in [0.1, 0.15) is 19.4 Å². The number of aryl methyl sites for hydroxylation is 1. The van der Waals surface area contributed by atoms with E-state index in [1.807, 2.05) is 6.92 Å². The fraction of sp³-hybridized carbons (Fsp3) is 0.455. The molecule has 0 aromatic heterocycles. The van der Waals surface area contributed by atoms with Gasteiger partial charge in [-0.25, -0.2) is 13.1 Å². The second kappa shape index (κ2) is 6.21. The fourth-order valence-electron chi connectivity index (χ4n) is 1.11. The van der Waals surface area contributed by atoms with Gasteiger partial charge in [-0.1, -0.05) is 17.7 Å². The summed E-state index contributed by atoms with van der Waals surface area (Å²) in [5.41, 5.74) is 5.96. The minimum atomic E-state index is -3.55. The van der Waals surface area contributed by atoms with Gasteiger partial charge < -0.3 is 5.73 Å². The summed E-state index contributed by atoms with van der Waals surface area (Å²) in [6.45, 7) is 5.48. The molecular weight excluding hydrogens is 295 g/mol. The smallest absolute Gasteiger partial charge is 0.240 e. The van der Waals surface area contributed by atoms with Crippen molar-refractivity contribution in [2.24, 2.45) is 5.73 Å². The van der Waals surface area contributed by atoms with E-state index in [0.29, 0.717) is 5.02 Å². The fourth-order valence-corrected chi connectivity index (χ4v) is 2.60. The summed E-state index contributed by atoms with van der Waals surface area (Å²) in [4.78, 5) is 0.150. The van der Waals surface area contributed by atoms with Gasteiger partial charge in [-0.05, 0) is 38.5 Å². The van der Waals surface area contributed by atoms with Crippen molar-refractivity contribution in [1.82, 2.24) is 4.72 Å². The molecule has 7 heteroatoms. The van der Waals surface area contributed by atoms with Crippen LogP contribution in [-0.2, 0) is 10.0 Å². The van der Waals surface area contributed by atoms with Gasteiger partial charge in [0, 0.05) is 17.1 Å². The van der Waals surface area contributed by atoms with Crippen LogP contribution in [0.25, 0.3) is 0 Å². The van der Waals surface area contributed by atoms with Crippen molar-refractivity contribution in [3.8, 4) is 0 Å².